The van der Waals surface area contributed by atoms with Gasteiger partial charge in [-0.3, -0.25) is 4.79 Å². The minimum atomic E-state index is -4.06. The molecule has 11 heteroatoms. The Labute approximate surface area is 295 Å². The van der Waals surface area contributed by atoms with Gasteiger partial charge in [0.2, 0.25) is 15.9 Å². The van der Waals surface area contributed by atoms with Crippen molar-refractivity contribution in [2.24, 2.45) is 0 Å². The highest BCUT2D eigenvalue weighted by Gasteiger charge is 2.27. The van der Waals surface area contributed by atoms with E-state index in [0.717, 1.165) is 37.1 Å². The van der Waals surface area contributed by atoms with Crippen LogP contribution >= 0.6 is 0 Å². The highest BCUT2D eigenvalue weighted by Crippen LogP contribution is 2.28. The standard InChI is InChI=1S/C39H47N3O7S/c1-4-7-25-47-37-28-32(39(44)48-26-24-42(5-2)6-3)20-23-35(37)40-38(43)36(41-50(45,46)34-16-12-9-13-17-34)27-30-18-21-33(22-19-30)49-29-31-14-10-8-11-15-31/h8-23,28,36,41H,4-7,24-27,29H2,1-3H3,(H,40,43). The van der Waals surface area contributed by atoms with Gasteiger partial charge >= 0.3 is 5.97 Å². The van der Waals surface area contributed by atoms with E-state index >= 15 is 0 Å². The molecule has 0 radical (unpaired) electrons. The maximum absolute atomic E-state index is 13.9. The Morgan fingerprint density at radius 3 is 2.12 bits per heavy atom. The summed E-state index contributed by atoms with van der Waals surface area (Å²) in [7, 11) is -4.06. The molecule has 10 nitrogen and oxygen atoms in total. The van der Waals surface area contributed by atoms with Gasteiger partial charge in [0, 0.05) is 6.54 Å². The Morgan fingerprint density at radius 1 is 0.780 bits per heavy atom. The van der Waals surface area contributed by atoms with Crippen molar-refractivity contribution in [1.82, 2.24) is 9.62 Å². The summed E-state index contributed by atoms with van der Waals surface area (Å²) in [6.45, 7) is 9.47. The number of likely N-dealkylation sites (N-methyl/N-ethyl adjacent to an activating group) is 1. The molecule has 1 amide bonds. The molecule has 0 fully saturated rings. The van der Waals surface area contributed by atoms with Crippen LogP contribution in [0.4, 0.5) is 5.69 Å². The summed E-state index contributed by atoms with van der Waals surface area (Å²) in [5, 5.41) is 2.85. The minimum absolute atomic E-state index is 0.0370. The van der Waals surface area contributed by atoms with Gasteiger partial charge in [-0.05, 0) is 79.5 Å². The number of unbranched alkanes of at least 4 members (excludes halogenated alkanes) is 1. The van der Waals surface area contributed by atoms with Crippen LogP contribution in [-0.2, 0) is 32.6 Å². The maximum Gasteiger partial charge on any atom is 0.338 e. The lowest BCUT2D eigenvalue weighted by atomic mass is 10.1. The summed E-state index contributed by atoms with van der Waals surface area (Å²) in [5.74, 6) is -0.164. The van der Waals surface area contributed by atoms with E-state index in [4.69, 9.17) is 14.2 Å². The smallest absolute Gasteiger partial charge is 0.338 e. The third kappa shape index (κ3) is 11.7. The molecule has 0 spiro atoms. The fraction of sp³-hybridized carbons (Fsp3) is 0.333. The molecule has 0 bridgehead atoms. The highest BCUT2D eigenvalue weighted by molar-refractivity contribution is 7.89. The van der Waals surface area contributed by atoms with Crippen LogP contribution < -0.4 is 19.5 Å². The van der Waals surface area contributed by atoms with Crippen molar-refractivity contribution >= 4 is 27.6 Å². The molecule has 0 aliphatic heterocycles. The monoisotopic (exact) mass is 701 g/mol. The van der Waals surface area contributed by atoms with Crippen molar-refractivity contribution < 1.29 is 32.2 Å². The number of ether oxygens (including phenoxy) is 3. The summed E-state index contributed by atoms with van der Waals surface area (Å²) in [6, 6.07) is 28.3. The first-order valence-electron chi connectivity index (χ1n) is 17.0. The molecule has 266 valence electrons. The molecule has 1 unspecified atom stereocenters. The van der Waals surface area contributed by atoms with Crippen LogP contribution in [0.2, 0.25) is 0 Å². The Bertz CT molecular complexity index is 1750. The molecule has 4 aromatic carbocycles. The number of nitrogens with one attached hydrogen (secondary N) is 2. The summed E-state index contributed by atoms with van der Waals surface area (Å²) in [6.07, 6.45) is 1.70. The second-order valence-electron chi connectivity index (χ2n) is 11.7. The number of rotatable bonds is 20. The van der Waals surface area contributed by atoms with Gasteiger partial charge in [0.05, 0.1) is 22.8 Å². The predicted molar refractivity (Wildman–Crippen MR) is 195 cm³/mol. The number of esters is 1. The van der Waals surface area contributed by atoms with E-state index < -0.39 is 27.9 Å². The first kappa shape index (κ1) is 38.1. The zero-order chi connectivity index (χ0) is 35.8. The van der Waals surface area contributed by atoms with Crippen molar-refractivity contribution in [3.63, 3.8) is 0 Å². The molecular formula is C39H47N3O7S. The van der Waals surface area contributed by atoms with E-state index in [2.05, 4.69) is 14.9 Å². The zero-order valence-electron chi connectivity index (χ0n) is 29.0. The lowest BCUT2D eigenvalue weighted by Gasteiger charge is -2.21. The summed E-state index contributed by atoms with van der Waals surface area (Å²) in [5.41, 5.74) is 2.33. The lowest BCUT2D eigenvalue weighted by molar-refractivity contribution is -0.117. The maximum atomic E-state index is 13.9. The van der Waals surface area contributed by atoms with Crippen molar-refractivity contribution in [3.8, 4) is 11.5 Å². The average molecular weight is 702 g/mol. The molecule has 0 saturated heterocycles. The van der Waals surface area contributed by atoms with Gasteiger partial charge in [0.25, 0.3) is 0 Å². The first-order chi connectivity index (χ1) is 24.2. The van der Waals surface area contributed by atoms with E-state index in [1.807, 2.05) is 51.1 Å². The van der Waals surface area contributed by atoms with Crippen LogP contribution in [0, 0.1) is 0 Å². The van der Waals surface area contributed by atoms with Crippen molar-refractivity contribution in [3.05, 3.63) is 120 Å². The molecule has 0 aromatic heterocycles. The topological polar surface area (TPSA) is 123 Å². The van der Waals surface area contributed by atoms with E-state index in [-0.39, 0.29) is 29.2 Å². The quantitative estimate of drug-likeness (QED) is 0.0794. The molecule has 0 aliphatic carbocycles. The van der Waals surface area contributed by atoms with Gasteiger partial charge in [0.1, 0.15) is 30.8 Å². The molecular weight excluding hydrogens is 655 g/mol. The van der Waals surface area contributed by atoms with Gasteiger partial charge < -0.3 is 24.4 Å². The van der Waals surface area contributed by atoms with E-state index in [0.29, 0.717) is 31.2 Å². The Kier molecular flexibility index (Phi) is 14.8. The van der Waals surface area contributed by atoms with Gasteiger partial charge in [-0.1, -0.05) is 87.9 Å². The summed E-state index contributed by atoms with van der Waals surface area (Å²) in [4.78, 5) is 29.0. The fourth-order valence-corrected chi connectivity index (χ4v) is 6.27. The normalized spacial score (nSPS) is 11.9. The first-order valence-corrected chi connectivity index (χ1v) is 18.5. The van der Waals surface area contributed by atoms with Gasteiger partial charge in [0.15, 0.2) is 0 Å². The minimum Gasteiger partial charge on any atom is -0.491 e. The number of sulfonamides is 1. The number of carbonyl (C=O) groups excluding carboxylic acids is 2. The number of nitrogens with zero attached hydrogens (tertiary/aromatic N) is 1. The molecule has 4 aromatic rings. The largest absolute Gasteiger partial charge is 0.491 e. The van der Waals surface area contributed by atoms with Crippen LogP contribution in [-0.4, -0.2) is 64.1 Å². The van der Waals surface area contributed by atoms with Gasteiger partial charge in [-0.25, -0.2) is 13.2 Å². The number of carbonyl (C=O) groups is 2. The van der Waals surface area contributed by atoms with Gasteiger partial charge in [-0.15, -0.1) is 0 Å². The second-order valence-corrected chi connectivity index (χ2v) is 13.4. The molecule has 4 rings (SSSR count). The fourth-order valence-electron chi connectivity index (χ4n) is 5.05. The lowest BCUT2D eigenvalue weighted by Crippen LogP contribution is -2.45. The SMILES string of the molecule is CCCCOc1cc(C(=O)OCCN(CC)CC)ccc1NC(=O)C(Cc1ccc(OCc2ccccc2)cc1)NS(=O)(=O)c1ccccc1. The third-order valence-electron chi connectivity index (χ3n) is 8.04. The Morgan fingerprint density at radius 2 is 1.46 bits per heavy atom. The number of benzene rings is 4. The number of hydrogen-bond acceptors (Lipinski definition) is 8. The molecule has 2 N–H and O–H groups in total. The third-order valence-corrected chi connectivity index (χ3v) is 9.53. The van der Waals surface area contributed by atoms with E-state index in [9.17, 15) is 18.0 Å². The highest BCUT2D eigenvalue weighted by atomic mass is 32.2. The number of amides is 1. The predicted octanol–water partition coefficient (Wildman–Crippen LogP) is 6.47. The van der Waals surface area contributed by atoms with Crippen LogP contribution in [0.5, 0.6) is 11.5 Å². The van der Waals surface area contributed by atoms with E-state index in [1.165, 1.54) is 12.1 Å². The van der Waals surface area contributed by atoms with Gasteiger partial charge in [-0.2, -0.15) is 4.72 Å². The average Bonchev–Trinajstić information content (AvgIpc) is 3.14. The summed E-state index contributed by atoms with van der Waals surface area (Å²) < 4.78 is 46.8. The van der Waals surface area contributed by atoms with Crippen molar-refractivity contribution in [2.45, 2.75) is 57.6 Å². The van der Waals surface area contributed by atoms with Crippen LogP contribution in [0.25, 0.3) is 0 Å². The molecule has 0 aliphatic rings. The summed E-state index contributed by atoms with van der Waals surface area (Å²) >= 11 is 0. The zero-order valence-corrected chi connectivity index (χ0v) is 29.8. The van der Waals surface area contributed by atoms with Crippen molar-refractivity contribution in [2.75, 3.05) is 38.2 Å². The number of hydrogen-bond donors (Lipinski definition) is 2. The Hall–Kier alpha value is -4.71. The Balaban J connectivity index is 1.53. The molecule has 50 heavy (non-hydrogen) atoms. The number of anilines is 1. The molecule has 0 heterocycles. The molecule has 0 saturated carbocycles. The molecule has 1 atom stereocenters. The second kappa shape index (κ2) is 19.5. The van der Waals surface area contributed by atoms with E-state index in [1.54, 1.807) is 60.7 Å². The van der Waals surface area contributed by atoms with Crippen molar-refractivity contribution in [1.29, 1.82) is 0 Å². The van der Waals surface area contributed by atoms with Crippen LogP contribution in [0.1, 0.15) is 55.1 Å². The van der Waals surface area contributed by atoms with Crippen LogP contribution in [0.3, 0.4) is 0 Å². The van der Waals surface area contributed by atoms with Crippen LogP contribution in [0.15, 0.2) is 108 Å².